The average Bonchev–Trinajstić information content (AvgIpc) is 2.63. The first-order chi connectivity index (χ1) is 8.28. The maximum atomic E-state index is 11.3. The van der Waals surface area contributed by atoms with Crippen molar-refractivity contribution in [2.45, 2.75) is 32.8 Å². The summed E-state index contributed by atoms with van der Waals surface area (Å²) in [5.41, 5.74) is 0.0584. The minimum Gasteiger partial charge on any atom is -0.464 e. The molecule has 0 atom stereocenters. The van der Waals surface area contributed by atoms with Gasteiger partial charge in [-0.3, -0.25) is 0 Å². The van der Waals surface area contributed by atoms with Gasteiger partial charge in [-0.25, -0.2) is 19.1 Å². The Kier molecular flexibility index (Phi) is 4.30. The van der Waals surface area contributed by atoms with Crippen molar-refractivity contribution in [3.8, 4) is 0 Å². The number of nitrogens with zero attached hydrogens (tertiary/aromatic N) is 2. The Morgan fingerprint density at radius 2 is 2.17 bits per heavy atom. The fourth-order valence-electron chi connectivity index (χ4n) is 1.20. The second-order valence-electron chi connectivity index (χ2n) is 4.73. The van der Waals surface area contributed by atoms with Gasteiger partial charge in [0.05, 0.1) is 5.69 Å². The van der Waals surface area contributed by atoms with Gasteiger partial charge in [0.1, 0.15) is 11.9 Å². The van der Waals surface area contributed by atoms with Crippen LogP contribution in [0, 0.1) is 0 Å². The smallest absolute Gasteiger partial charge is 0.416 e. The van der Waals surface area contributed by atoms with Crippen LogP contribution in [0.3, 0.4) is 0 Å². The molecule has 7 heteroatoms. The predicted octanol–water partition coefficient (Wildman–Crippen LogP) is 1.48. The summed E-state index contributed by atoms with van der Waals surface area (Å²) in [6.07, 6.45) is 1.47. The standard InChI is InChI=1S/C11H17N3O4/c1-11(2,3)18-9(15)12-5-4-8-6-14(7-13-8)10(16)17/h6-7H,4-5H2,1-3H3,(H,12,15)(H,16,17). The summed E-state index contributed by atoms with van der Waals surface area (Å²) in [6.45, 7) is 5.68. The van der Waals surface area contributed by atoms with Crippen LogP contribution in [0.2, 0.25) is 0 Å². The number of hydrogen-bond donors (Lipinski definition) is 2. The van der Waals surface area contributed by atoms with E-state index in [0.29, 0.717) is 18.7 Å². The first-order valence-corrected chi connectivity index (χ1v) is 5.51. The molecule has 7 nitrogen and oxygen atoms in total. The maximum Gasteiger partial charge on any atom is 0.416 e. The highest BCUT2D eigenvalue weighted by atomic mass is 16.6. The van der Waals surface area contributed by atoms with Crippen LogP contribution in [0.4, 0.5) is 9.59 Å². The summed E-state index contributed by atoms with van der Waals surface area (Å²) >= 11 is 0. The lowest BCUT2D eigenvalue weighted by Crippen LogP contribution is -2.33. The minimum atomic E-state index is -1.09. The van der Waals surface area contributed by atoms with Gasteiger partial charge in [-0.05, 0) is 20.8 Å². The van der Waals surface area contributed by atoms with E-state index in [9.17, 15) is 9.59 Å². The highest BCUT2D eigenvalue weighted by Gasteiger charge is 2.15. The number of rotatable bonds is 3. The van der Waals surface area contributed by atoms with Crippen LogP contribution >= 0.6 is 0 Å². The number of amides is 1. The second-order valence-corrected chi connectivity index (χ2v) is 4.73. The van der Waals surface area contributed by atoms with E-state index in [1.165, 1.54) is 12.5 Å². The van der Waals surface area contributed by atoms with E-state index in [1.54, 1.807) is 20.8 Å². The predicted molar refractivity (Wildman–Crippen MR) is 63.6 cm³/mol. The third-order valence-corrected chi connectivity index (χ3v) is 1.91. The monoisotopic (exact) mass is 255 g/mol. The van der Waals surface area contributed by atoms with Crippen LogP contribution in [-0.4, -0.2) is 39.0 Å². The molecule has 0 aliphatic heterocycles. The molecule has 0 aliphatic rings. The van der Waals surface area contributed by atoms with Crippen LogP contribution in [0.5, 0.6) is 0 Å². The van der Waals surface area contributed by atoms with Crippen molar-refractivity contribution in [1.82, 2.24) is 14.9 Å². The first-order valence-electron chi connectivity index (χ1n) is 5.51. The van der Waals surface area contributed by atoms with Crippen molar-refractivity contribution in [3.63, 3.8) is 0 Å². The Balaban J connectivity index is 2.33. The van der Waals surface area contributed by atoms with Crippen LogP contribution in [-0.2, 0) is 11.2 Å². The fourth-order valence-corrected chi connectivity index (χ4v) is 1.20. The van der Waals surface area contributed by atoms with Crippen molar-refractivity contribution in [1.29, 1.82) is 0 Å². The summed E-state index contributed by atoms with van der Waals surface area (Å²) in [5.74, 6) is 0. The van der Waals surface area contributed by atoms with Crippen LogP contribution in [0.25, 0.3) is 0 Å². The Bertz CT molecular complexity index is 434. The molecule has 1 amide bonds. The zero-order valence-electron chi connectivity index (χ0n) is 10.6. The Morgan fingerprint density at radius 1 is 1.50 bits per heavy atom. The molecule has 0 saturated carbocycles. The number of carbonyl (C=O) groups excluding carboxylic acids is 1. The van der Waals surface area contributed by atoms with E-state index in [1.807, 2.05) is 0 Å². The van der Waals surface area contributed by atoms with E-state index in [0.717, 1.165) is 4.57 Å². The molecule has 100 valence electrons. The molecule has 0 radical (unpaired) electrons. The molecule has 0 fully saturated rings. The molecule has 0 saturated heterocycles. The maximum absolute atomic E-state index is 11.3. The van der Waals surface area contributed by atoms with Crippen molar-refractivity contribution in [3.05, 3.63) is 18.2 Å². The average molecular weight is 255 g/mol. The molecular formula is C11H17N3O4. The fraction of sp³-hybridized carbons (Fsp3) is 0.545. The van der Waals surface area contributed by atoms with Gasteiger partial charge in [-0.15, -0.1) is 0 Å². The van der Waals surface area contributed by atoms with Gasteiger partial charge < -0.3 is 15.2 Å². The number of nitrogens with one attached hydrogen (secondary N) is 1. The summed E-state index contributed by atoms with van der Waals surface area (Å²) in [6, 6.07) is 0. The molecule has 0 aromatic carbocycles. The molecule has 1 aromatic heterocycles. The van der Waals surface area contributed by atoms with Crippen molar-refractivity contribution in [2.75, 3.05) is 6.54 Å². The lowest BCUT2D eigenvalue weighted by molar-refractivity contribution is 0.0528. The Morgan fingerprint density at radius 3 is 2.67 bits per heavy atom. The van der Waals surface area contributed by atoms with Gasteiger partial charge in [0.2, 0.25) is 0 Å². The number of alkyl carbamates (subject to hydrolysis) is 1. The topological polar surface area (TPSA) is 93.5 Å². The van der Waals surface area contributed by atoms with Gasteiger partial charge in [0, 0.05) is 19.2 Å². The van der Waals surface area contributed by atoms with Gasteiger partial charge in [-0.1, -0.05) is 0 Å². The van der Waals surface area contributed by atoms with Gasteiger partial charge in [-0.2, -0.15) is 0 Å². The van der Waals surface area contributed by atoms with Gasteiger partial charge in [0.25, 0.3) is 0 Å². The number of hydrogen-bond acceptors (Lipinski definition) is 4. The van der Waals surface area contributed by atoms with Gasteiger partial charge >= 0.3 is 12.2 Å². The quantitative estimate of drug-likeness (QED) is 0.853. The minimum absolute atomic E-state index is 0.339. The van der Waals surface area contributed by atoms with Crippen molar-refractivity contribution < 1.29 is 19.4 Å². The van der Waals surface area contributed by atoms with E-state index >= 15 is 0 Å². The van der Waals surface area contributed by atoms with E-state index in [2.05, 4.69) is 10.3 Å². The summed E-state index contributed by atoms with van der Waals surface area (Å²) in [7, 11) is 0. The molecule has 0 spiro atoms. The zero-order valence-corrected chi connectivity index (χ0v) is 10.6. The number of aromatic nitrogens is 2. The molecule has 0 unspecified atom stereocenters. The second kappa shape index (κ2) is 5.52. The number of ether oxygens (including phenoxy) is 1. The highest BCUT2D eigenvalue weighted by Crippen LogP contribution is 2.06. The largest absolute Gasteiger partial charge is 0.464 e. The Hall–Kier alpha value is -2.05. The van der Waals surface area contributed by atoms with Crippen LogP contribution in [0.1, 0.15) is 26.5 Å². The molecule has 2 N–H and O–H groups in total. The number of imidazole rings is 1. The normalized spacial score (nSPS) is 11.1. The lowest BCUT2D eigenvalue weighted by atomic mass is 10.2. The van der Waals surface area contributed by atoms with Crippen LogP contribution < -0.4 is 5.32 Å². The van der Waals surface area contributed by atoms with Gasteiger partial charge in [0.15, 0.2) is 0 Å². The molecule has 1 heterocycles. The Labute approximate surface area is 105 Å². The summed E-state index contributed by atoms with van der Waals surface area (Å²) in [4.78, 5) is 25.8. The molecular weight excluding hydrogens is 238 g/mol. The zero-order chi connectivity index (χ0) is 13.8. The lowest BCUT2D eigenvalue weighted by Gasteiger charge is -2.19. The highest BCUT2D eigenvalue weighted by molar-refractivity contribution is 5.68. The molecule has 1 rings (SSSR count). The van der Waals surface area contributed by atoms with Crippen LogP contribution in [0.15, 0.2) is 12.5 Å². The summed E-state index contributed by atoms with van der Waals surface area (Å²) in [5, 5.41) is 11.2. The van der Waals surface area contributed by atoms with E-state index < -0.39 is 17.8 Å². The SMILES string of the molecule is CC(C)(C)OC(=O)NCCc1cn(C(=O)O)cn1. The van der Waals surface area contributed by atoms with E-state index in [-0.39, 0.29) is 0 Å². The number of carboxylic acid groups (broad SMARTS) is 1. The third-order valence-electron chi connectivity index (χ3n) is 1.91. The third kappa shape index (κ3) is 4.86. The first kappa shape index (κ1) is 14.0. The van der Waals surface area contributed by atoms with E-state index in [4.69, 9.17) is 9.84 Å². The molecule has 1 aromatic rings. The summed E-state index contributed by atoms with van der Waals surface area (Å²) < 4.78 is 6.01. The molecule has 0 bridgehead atoms. The van der Waals surface area contributed by atoms with Crippen molar-refractivity contribution in [2.24, 2.45) is 0 Å². The molecule has 18 heavy (non-hydrogen) atoms. The van der Waals surface area contributed by atoms with Crippen molar-refractivity contribution >= 4 is 12.2 Å². The molecule has 0 aliphatic carbocycles. The number of carbonyl (C=O) groups is 2.